The highest BCUT2D eigenvalue weighted by molar-refractivity contribution is 7.92. The Morgan fingerprint density at radius 3 is 3.07 bits per heavy atom. The van der Waals surface area contributed by atoms with Crippen molar-refractivity contribution in [3.63, 3.8) is 0 Å². The Bertz CT molecular complexity index is 1040. The minimum atomic E-state index is -2.50. The third kappa shape index (κ3) is 4.52. The second kappa shape index (κ2) is 8.46. The zero-order valence-corrected chi connectivity index (χ0v) is 16.0. The summed E-state index contributed by atoms with van der Waals surface area (Å²) in [5.41, 5.74) is 4.69. The lowest BCUT2D eigenvalue weighted by atomic mass is 9.83. The Labute approximate surface area is 160 Å². The number of hydrogen-bond donors (Lipinski definition) is 3. The lowest BCUT2D eigenvalue weighted by Crippen LogP contribution is -2.23. The van der Waals surface area contributed by atoms with Gasteiger partial charge < -0.3 is 5.32 Å². The number of anilines is 1. The van der Waals surface area contributed by atoms with Gasteiger partial charge in [0.2, 0.25) is 5.82 Å². The number of allylic oxidation sites excluding steroid dienone is 1. The number of halogens is 1. The smallest absolute Gasteiger partial charge is 0.202 e. The average Bonchev–Trinajstić information content (AvgIpc) is 3.09. The van der Waals surface area contributed by atoms with E-state index in [1.807, 2.05) is 5.48 Å². The number of fused-ring (bicyclic) bond motifs is 1. The van der Waals surface area contributed by atoms with E-state index < -0.39 is 9.73 Å². The standard InChI is InChI=1S/C16H19FN6O4S/c1-26-23-28(2,25)6-5-18-16-14(21-27-22-16)15(20-24)19-9-11-7-10-3-4-12(17)8-13(10)11/h3-4,8-9,24H,5-7H2,1-2H3,(H,18,22)(H,19,20)/b11-9-. The fraction of sp³-hybridized carbons (Fsp3) is 0.312. The number of aromatic nitrogens is 2. The van der Waals surface area contributed by atoms with Crippen LogP contribution in [0, 0.1) is 5.82 Å². The molecule has 3 rings (SSSR count). The number of aliphatic imine (C=N–C) groups is 1. The zero-order chi connectivity index (χ0) is 20.1. The maximum Gasteiger partial charge on any atom is 0.202 e. The van der Waals surface area contributed by atoms with Crippen molar-refractivity contribution >= 4 is 27.0 Å². The SMILES string of the molecule is CON=S(C)(=O)CCNc1nonc1C(=N/C=C1/Cc2ccc(F)cc21)NO. The van der Waals surface area contributed by atoms with E-state index in [0.717, 1.165) is 16.7 Å². The highest BCUT2D eigenvalue weighted by Crippen LogP contribution is 2.34. The number of hydroxylamine groups is 1. The third-order valence-corrected chi connectivity index (χ3v) is 5.40. The first-order valence-electron chi connectivity index (χ1n) is 8.18. The molecule has 0 amide bonds. The van der Waals surface area contributed by atoms with Crippen molar-refractivity contribution in [1.29, 1.82) is 0 Å². The third-order valence-electron chi connectivity index (χ3n) is 3.97. The molecule has 0 fully saturated rings. The van der Waals surface area contributed by atoms with E-state index in [2.05, 4.69) is 30.0 Å². The molecule has 3 N–H and O–H groups in total. The Morgan fingerprint density at radius 2 is 2.32 bits per heavy atom. The van der Waals surface area contributed by atoms with Gasteiger partial charge in [0.25, 0.3) is 0 Å². The molecule has 1 unspecified atom stereocenters. The van der Waals surface area contributed by atoms with Crippen LogP contribution in [0.3, 0.4) is 0 Å². The first kappa shape index (κ1) is 19.9. The first-order valence-corrected chi connectivity index (χ1v) is 10.3. The summed E-state index contributed by atoms with van der Waals surface area (Å²) in [5.74, 6) is 0.0542. The summed E-state index contributed by atoms with van der Waals surface area (Å²) in [7, 11) is -1.17. The Hall–Kier alpha value is -2.83. The monoisotopic (exact) mass is 410 g/mol. The summed E-state index contributed by atoms with van der Waals surface area (Å²) in [5, 5.41) is 19.7. The molecule has 10 nitrogen and oxygen atoms in total. The summed E-state index contributed by atoms with van der Waals surface area (Å²) in [6, 6.07) is 4.57. The molecule has 0 radical (unpaired) electrons. The number of benzene rings is 1. The number of amidine groups is 1. The maximum absolute atomic E-state index is 13.4. The molecule has 1 aromatic carbocycles. The van der Waals surface area contributed by atoms with Gasteiger partial charge in [0.1, 0.15) is 5.82 Å². The van der Waals surface area contributed by atoms with Crippen LogP contribution < -0.4 is 10.8 Å². The minimum absolute atomic E-state index is 0.0140. The molecule has 0 saturated carbocycles. The molecular formula is C16H19FN6O4S. The van der Waals surface area contributed by atoms with Crippen molar-refractivity contribution in [2.45, 2.75) is 6.42 Å². The van der Waals surface area contributed by atoms with E-state index in [1.165, 1.54) is 31.7 Å². The van der Waals surface area contributed by atoms with Crippen LogP contribution in [0.15, 0.2) is 38.5 Å². The van der Waals surface area contributed by atoms with E-state index in [1.54, 1.807) is 6.07 Å². The molecule has 150 valence electrons. The van der Waals surface area contributed by atoms with Gasteiger partial charge in [-0.15, -0.1) is 0 Å². The Kier molecular flexibility index (Phi) is 6.02. The summed E-state index contributed by atoms with van der Waals surface area (Å²) >= 11 is 0. The molecule has 0 bridgehead atoms. The van der Waals surface area contributed by atoms with E-state index in [9.17, 15) is 13.8 Å². The molecule has 1 aromatic heterocycles. The highest BCUT2D eigenvalue weighted by atomic mass is 32.2. The fourth-order valence-corrected chi connectivity index (χ4v) is 3.48. The highest BCUT2D eigenvalue weighted by Gasteiger charge is 2.21. The topological polar surface area (TPSA) is 134 Å². The average molecular weight is 410 g/mol. The number of rotatable bonds is 7. The van der Waals surface area contributed by atoms with Gasteiger partial charge in [0.15, 0.2) is 11.5 Å². The van der Waals surface area contributed by atoms with Gasteiger partial charge in [0, 0.05) is 25.4 Å². The van der Waals surface area contributed by atoms with Crippen LogP contribution in [0.1, 0.15) is 16.8 Å². The summed E-state index contributed by atoms with van der Waals surface area (Å²) in [6.45, 7) is 0.246. The summed E-state index contributed by atoms with van der Waals surface area (Å²) in [6.07, 6.45) is 3.62. The summed E-state index contributed by atoms with van der Waals surface area (Å²) in [4.78, 5) is 8.72. The second-order valence-electron chi connectivity index (χ2n) is 6.03. The molecule has 1 heterocycles. The normalized spacial score (nSPS) is 16.9. The Morgan fingerprint density at radius 1 is 1.50 bits per heavy atom. The molecule has 1 atom stereocenters. The molecule has 0 saturated heterocycles. The predicted molar refractivity (Wildman–Crippen MR) is 101 cm³/mol. The van der Waals surface area contributed by atoms with Crippen LogP contribution in [0.25, 0.3) is 5.57 Å². The van der Waals surface area contributed by atoms with Crippen LogP contribution in [-0.2, 0) is 21.0 Å². The minimum Gasteiger partial charge on any atom is -0.364 e. The largest absolute Gasteiger partial charge is 0.364 e. The van der Waals surface area contributed by atoms with Gasteiger partial charge in [0.05, 0.1) is 22.6 Å². The van der Waals surface area contributed by atoms with Crippen molar-refractivity contribution in [1.82, 2.24) is 15.8 Å². The van der Waals surface area contributed by atoms with Crippen molar-refractivity contribution < 1.29 is 23.3 Å². The van der Waals surface area contributed by atoms with Crippen LogP contribution >= 0.6 is 0 Å². The number of hydrogen-bond acceptors (Lipinski definition) is 9. The molecule has 28 heavy (non-hydrogen) atoms. The van der Waals surface area contributed by atoms with Crippen LogP contribution in [0.4, 0.5) is 10.2 Å². The number of nitrogens with zero attached hydrogens (tertiary/aromatic N) is 4. The van der Waals surface area contributed by atoms with E-state index in [0.29, 0.717) is 6.42 Å². The summed E-state index contributed by atoms with van der Waals surface area (Å²) < 4.78 is 33.6. The lowest BCUT2D eigenvalue weighted by molar-refractivity contribution is 0.218. The maximum atomic E-state index is 13.4. The molecular weight excluding hydrogens is 391 g/mol. The lowest BCUT2D eigenvalue weighted by Gasteiger charge is -2.21. The van der Waals surface area contributed by atoms with Gasteiger partial charge in [-0.2, -0.15) is 0 Å². The molecule has 2 aromatic rings. The molecule has 0 aliphatic heterocycles. The van der Waals surface area contributed by atoms with Crippen molar-refractivity contribution in [3.8, 4) is 0 Å². The van der Waals surface area contributed by atoms with E-state index in [-0.39, 0.29) is 35.5 Å². The molecule has 0 spiro atoms. The van der Waals surface area contributed by atoms with Crippen molar-refractivity contribution in [2.24, 2.45) is 9.52 Å². The van der Waals surface area contributed by atoms with Crippen LogP contribution in [-0.4, -0.2) is 51.2 Å². The van der Waals surface area contributed by atoms with E-state index in [4.69, 9.17) is 4.63 Å². The Balaban J connectivity index is 1.73. The van der Waals surface area contributed by atoms with Crippen molar-refractivity contribution in [3.05, 3.63) is 47.0 Å². The van der Waals surface area contributed by atoms with Crippen LogP contribution in [0.5, 0.6) is 0 Å². The van der Waals surface area contributed by atoms with E-state index >= 15 is 0 Å². The zero-order valence-electron chi connectivity index (χ0n) is 15.2. The quantitative estimate of drug-likeness (QED) is 0.356. The van der Waals surface area contributed by atoms with Gasteiger partial charge in [-0.1, -0.05) is 10.6 Å². The van der Waals surface area contributed by atoms with Gasteiger partial charge in [-0.25, -0.2) is 23.1 Å². The van der Waals surface area contributed by atoms with Crippen LogP contribution in [0.2, 0.25) is 0 Å². The number of nitrogens with one attached hydrogen (secondary N) is 2. The van der Waals surface area contributed by atoms with Gasteiger partial charge in [-0.05, 0) is 39.1 Å². The molecule has 1 aliphatic carbocycles. The van der Waals surface area contributed by atoms with Crippen molar-refractivity contribution in [2.75, 3.05) is 31.0 Å². The molecule has 1 aliphatic rings. The first-order chi connectivity index (χ1) is 13.4. The predicted octanol–water partition coefficient (Wildman–Crippen LogP) is 1.60. The van der Waals surface area contributed by atoms with Gasteiger partial charge >= 0.3 is 0 Å². The van der Waals surface area contributed by atoms with Gasteiger partial charge in [-0.3, -0.25) is 10.7 Å². The molecule has 12 heteroatoms. The fourth-order valence-electron chi connectivity index (χ4n) is 2.61. The second-order valence-corrected chi connectivity index (χ2v) is 8.51.